The average Bonchev–Trinajstić information content (AvgIpc) is 2.53. The van der Waals surface area contributed by atoms with E-state index in [2.05, 4.69) is 60.7 Å². The van der Waals surface area contributed by atoms with Crippen LogP contribution in [0.15, 0.2) is 60.7 Å². The Morgan fingerprint density at radius 3 is 1.41 bits per heavy atom. The second kappa shape index (κ2) is 6.23. The molecule has 2 aromatic carbocycles. The van der Waals surface area contributed by atoms with Crippen molar-refractivity contribution in [2.24, 2.45) is 0 Å². The molecule has 0 heterocycles. The van der Waals surface area contributed by atoms with E-state index < -0.39 is 5.79 Å². The van der Waals surface area contributed by atoms with E-state index in [0.717, 1.165) is 25.7 Å². The van der Waals surface area contributed by atoms with Crippen LogP contribution in [-0.4, -0.2) is 16.0 Å². The molecule has 3 rings (SSSR count). The van der Waals surface area contributed by atoms with Crippen LogP contribution in [0, 0.1) is 0 Å². The van der Waals surface area contributed by atoms with Gasteiger partial charge in [-0.1, -0.05) is 60.7 Å². The molecule has 0 atom stereocenters. The fourth-order valence-electron chi connectivity index (χ4n) is 3.85. The fourth-order valence-corrected chi connectivity index (χ4v) is 3.85. The van der Waals surface area contributed by atoms with Crippen LogP contribution in [0.25, 0.3) is 0 Å². The van der Waals surface area contributed by atoms with Gasteiger partial charge in [-0.2, -0.15) is 0 Å². The predicted octanol–water partition coefficient (Wildman–Crippen LogP) is 4.01. The lowest BCUT2D eigenvalue weighted by atomic mass is 9.66. The minimum Gasteiger partial charge on any atom is -0.366 e. The summed E-state index contributed by atoms with van der Waals surface area (Å²) in [4.78, 5) is 0. The summed E-state index contributed by atoms with van der Waals surface area (Å²) in [6.07, 6.45) is 4.43. The van der Waals surface area contributed by atoms with E-state index >= 15 is 0 Å². The molecule has 0 amide bonds. The summed E-state index contributed by atoms with van der Waals surface area (Å²) in [6.45, 7) is 0. The van der Waals surface area contributed by atoms with Crippen LogP contribution in [0.4, 0.5) is 0 Å². The molecule has 1 aliphatic carbocycles. The Labute approximate surface area is 132 Å². The smallest absolute Gasteiger partial charge is 0.162 e. The normalized spacial score (nSPS) is 20.8. The molecule has 22 heavy (non-hydrogen) atoms. The van der Waals surface area contributed by atoms with Gasteiger partial charge in [0.25, 0.3) is 0 Å². The third kappa shape index (κ3) is 3.08. The van der Waals surface area contributed by atoms with E-state index in [4.69, 9.17) is 0 Å². The molecule has 116 valence electrons. The molecule has 2 nitrogen and oxygen atoms in total. The number of aliphatic hydroxyl groups is 2. The molecule has 0 radical (unpaired) electrons. The second-order valence-electron chi connectivity index (χ2n) is 6.50. The van der Waals surface area contributed by atoms with E-state index in [0.29, 0.717) is 12.8 Å². The number of hydrogen-bond donors (Lipinski definition) is 2. The average molecular weight is 296 g/mol. The topological polar surface area (TPSA) is 40.5 Å². The van der Waals surface area contributed by atoms with Gasteiger partial charge in [0.05, 0.1) is 0 Å². The van der Waals surface area contributed by atoms with Gasteiger partial charge in [-0.05, 0) is 36.8 Å². The highest BCUT2D eigenvalue weighted by Gasteiger charge is 2.37. The lowest BCUT2D eigenvalue weighted by Gasteiger charge is -2.39. The van der Waals surface area contributed by atoms with Crippen molar-refractivity contribution in [3.63, 3.8) is 0 Å². The lowest BCUT2D eigenvalue weighted by Crippen LogP contribution is -2.35. The largest absolute Gasteiger partial charge is 0.366 e. The Hall–Kier alpha value is -1.64. The highest BCUT2D eigenvalue weighted by molar-refractivity contribution is 5.39. The highest BCUT2D eigenvalue weighted by atomic mass is 16.5. The maximum Gasteiger partial charge on any atom is 0.162 e. The minimum absolute atomic E-state index is 0.0149. The van der Waals surface area contributed by atoms with Crippen molar-refractivity contribution in [2.75, 3.05) is 0 Å². The summed E-state index contributed by atoms with van der Waals surface area (Å²) in [6, 6.07) is 21.3. The third-order valence-electron chi connectivity index (χ3n) is 5.01. The van der Waals surface area contributed by atoms with Crippen LogP contribution in [0.3, 0.4) is 0 Å². The Morgan fingerprint density at radius 2 is 1.00 bits per heavy atom. The molecule has 0 saturated heterocycles. The summed E-state index contributed by atoms with van der Waals surface area (Å²) >= 11 is 0. The van der Waals surface area contributed by atoms with Gasteiger partial charge in [0, 0.05) is 18.3 Å². The van der Waals surface area contributed by atoms with Gasteiger partial charge in [-0.15, -0.1) is 0 Å². The van der Waals surface area contributed by atoms with Crippen LogP contribution in [-0.2, 0) is 5.41 Å². The van der Waals surface area contributed by atoms with Crippen molar-refractivity contribution in [3.05, 3.63) is 71.8 Å². The van der Waals surface area contributed by atoms with Gasteiger partial charge in [-0.25, -0.2) is 0 Å². The van der Waals surface area contributed by atoms with E-state index in [1.165, 1.54) is 11.1 Å². The van der Waals surface area contributed by atoms with Crippen molar-refractivity contribution in [3.8, 4) is 0 Å². The van der Waals surface area contributed by atoms with Gasteiger partial charge in [0.2, 0.25) is 0 Å². The Morgan fingerprint density at radius 1 is 0.591 bits per heavy atom. The molecule has 0 aromatic heterocycles. The maximum atomic E-state index is 9.95. The second-order valence-corrected chi connectivity index (χ2v) is 6.50. The van der Waals surface area contributed by atoms with Crippen molar-refractivity contribution in [1.29, 1.82) is 0 Å². The maximum absolute atomic E-state index is 9.95. The van der Waals surface area contributed by atoms with Crippen molar-refractivity contribution < 1.29 is 10.2 Å². The zero-order valence-electron chi connectivity index (χ0n) is 12.9. The Kier molecular flexibility index (Phi) is 4.32. The highest BCUT2D eigenvalue weighted by Crippen LogP contribution is 2.44. The van der Waals surface area contributed by atoms with E-state index in [-0.39, 0.29) is 5.41 Å². The van der Waals surface area contributed by atoms with Gasteiger partial charge in [0.15, 0.2) is 5.79 Å². The van der Waals surface area contributed by atoms with Crippen molar-refractivity contribution in [1.82, 2.24) is 0 Å². The quantitative estimate of drug-likeness (QED) is 0.822. The Balaban J connectivity index is 2.01. The summed E-state index contributed by atoms with van der Waals surface area (Å²) in [7, 11) is 0. The van der Waals surface area contributed by atoms with Crippen molar-refractivity contribution >= 4 is 0 Å². The monoisotopic (exact) mass is 296 g/mol. The summed E-state index contributed by atoms with van der Waals surface area (Å²) in [5.74, 6) is -1.49. The molecule has 0 spiro atoms. The SMILES string of the molecule is OC1(O)CCCC(c2ccccc2)(c2ccccc2)CCC1. The first-order valence-electron chi connectivity index (χ1n) is 8.18. The van der Waals surface area contributed by atoms with E-state index in [1.807, 2.05) is 0 Å². The number of hydrogen-bond acceptors (Lipinski definition) is 2. The molecule has 2 N–H and O–H groups in total. The van der Waals surface area contributed by atoms with Gasteiger partial charge < -0.3 is 10.2 Å². The molecule has 0 unspecified atom stereocenters. The Bertz CT molecular complexity index is 536. The summed E-state index contributed by atoms with van der Waals surface area (Å²) in [5, 5.41) is 19.9. The molecule has 0 aliphatic heterocycles. The lowest BCUT2D eigenvalue weighted by molar-refractivity contribution is -0.175. The summed E-state index contributed by atoms with van der Waals surface area (Å²) < 4.78 is 0. The van der Waals surface area contributed by atoms with Gasteiger partial charge in [0.1, 0.15) is 0 Å². The van der Waals surface area contributed by atoms with Gasteiger partial charge in [-0.3, -0.25) is 0 Å². The zero-order chi connectivity index (χ0) is 15.5. The molecule has 0 bridgehead atoms. The van der Waals surface area contributed by atoms with Crippen molar-refractivity contribution in [2.45, 2.75) is 49.7 Å². The van der Waals surface area contributed by atoms with Crippen LogP contribution in [0.1, 0.15) is 49.7 Å². The minimum atomic E-state index is -1.49. The standard InChI is InChI=1S/C20H24O2/c21-20(22)15-7-13-19(14-8-16-20,17-9-3-1-4-10-17)18-11-5-2-6-12-18/h1-6,9-12,21-22H,7-8,13-16H2. The fraction of sp³-hybridized carbons (Fsp3) is 0.400. The first kappa shape index (κ1) is 15.3. The third-order valence-corrected chi connectivity index (χ3v) is 5.01. The zero-order valence-corrected chi connectivity index (χ0v) is 12.9. The first-order chi connectivity index (χ1) is 10.6. The number of benzene rings is 2. The molecule has 2 aromatic rings. The van der Waals surface area contributed by atoms with E-state index in [9.17, 15) is 10.2 Å². The molecule has 2 heteroatoms. The predicted molar refractivity (Wildman–Crippen MR) is 88.5 cm³/mol. The molecule has 1 saturated carbocycles. The van der Waals surface area contributed by atoms with Crippen LogP contribution in [0.2, 0.25) is 0 Å². The van der Waals surface area contributed by atoms with Crippen LogP contribution >= 0.6 is 0 Å². The van der Waals surface area contributed by atoms with Gasteiger partial charge >= 0.3 is 0 Å². The molecule has 1 aliphatic rings. The molecule has 1 fully saturated rings. The number of rotatable bonds is 2. The van der Waals surface area contributed by atoms with Crippen LogP contribution in [0.5, 0.6) is 0 Å². The molecular formula is C20H24O2. The summed E-state index contributed by atoms with van der Waals surface area (Å²) in [5.41, 5.74) is 2.66. The van der Waals surface area contributed by atoms with Crippen LogP contribution < -0.4 is 0 Å². The first-order valence-corrected chi connectivity index (χ1v) is 8.18. The van der Waals surface area contributed by atoms with E-state index in [1.54, 1.807) is 0 Å². The molecular weight excluding hydrogens is 272 g/mol.